The number of amides is 1. The summed E-state index contributed by atoms with van der Waals surface area (Å²) in [4.78, 5) is 40.1. The molecule has 0 aliphatic carbocycles. The molecule has 1 N–H and O–H groups in total. The lowest BCUT2D eigenvalue weighted by Gasteiger charge is -2.22. The van der Waals surface area contributed by atoms with Gasteiger partial charge in [-0.15, -0.1) is 0 Å². The van der Waals surface area contributed by atoms with Crippen molar-refractivity contribution in [2.24, 2.45) is 0 Å². The number of Topliss-reactive ketones (excluding diaryl/α,β-unsaturated/α-hetero) is 1. The summed E-state index contributed by atoms with van der Waals surface area (Å²) in [5.74, 6) is -1.16. The lowest BCUT2D eigenvalue weighted by atomic mass is 9.87. The molecule has 0 saturated carbocycles. The quantitative estimate of drug-likeness (QED) is 0.499. The van der Waals surface area contributed by atoms with Gasteiger partial charge in [-0.05, 0) is 31.5 Å². The highest BCUT2D eigenvalue weighted by Gasteiger charge is 2.51. The Morgan fingerprint density at radius 1 is 1.13 bits per heavy atom. The Morgan fingerprint density at radius 2 is 1.90 bits per heavy atom. The molecule has 1 amide bonds. The zero-order chi connectivity index (χ0) is 21.5. The molecule has 6 nitrogen and oxygen atoms in total. The number of para-hydroxylation sites is 1. The number of hydrogen-bond acceptors (Lipinski definition) is 5. The Kier molecular flexibility index (Phi) is 5.03. The number of unbranched alkanes of at least 4 members (excludes halogenated alkanes) is 1. The van der Waals surface area contributed by atoms with Crippen molar-refractivity contribution in [1.29, 1.82) is 0 Å². The first-order valence-electron chi connectivity index (χ1n) is 10.1. The van der Waals surface area contributed by atoms with E-state index in [1.165, 1.54) is 11.0 Å². The third kappa shape index (κ3) is 3.23. The number of carbonyl (C=O) groups excluding carboxylic acids is 2. The minimum absolute atomic E-state index is 0.170. The van der Waals surface area contributed by atoms with Crippen LogP contribution in [0.2, 0.25) is 0 Å². The van der Waals surface area contributed by atoms with Gasteiger partial charge in [0, 0.05) is 17.5 Å². The number of fused-ring (bicyclic) bond motifs is 2. The van der Waals surface area contributed by atoms with Gasteiger partial charge in [0.05, 0.1) is 12.1 Å². The molecule has 1 aliphatic heterocycles. The largest absolute Gasteiger partial charge is 0.422 e. The van der Waals surface area contributed by atoms with Gasteiger partial charge < -0.3 is 14.4 Å². The molecule has 0 spiro atoms. The van der Waals surface area contributed by atoms with E-state index in [0.717, 1.165) is 18.4 Å². The maximum atomic E-state index is 13.2. The van der Waals surface area contributed by atoms with E-state index < -0.39 is 29.3 Å². The average molecular weight is 405 g/mol. The molecule has 6 heteroatoms. The highest BCUT2D eigenvalue weighted by Crippen LogP contribution is 2.43. The summed E-state index contributed by atoms with van der Waals surface area (Å²) < 4.78 is 5.25. The van der Waals surface area contributed by atoms with Crippen molar-refractivity contribution < 1.29 is 19.1 Å². The first-order chi connectivity index (χ1) is 14.3. The number of hydrogen-bond donors (Lipinski definition) is 1. The summed E-state index contributed by atoms with van der Waals surface area (Å²) in [6.45, 7) is 4.34. The van der Waals surface area contributed by atoms with Crippen LogP contribution in [0.25, 0.3) is 11.0 Å². The number of carbonyl (C=O) groups is 2. The molecule has 1 aliphatic rings. The highest BCUT2D eigenvalue weighted by molar-refractivity contribution is 6.11. The number of benzene rings is 2. The van der Waals surface area contributed by atoms with E-state index in [9.17, 15) is 19.5 Å². The van der Waals surface area contributed by atoms with Gasteiger partial charge in [-0.1, -0.05) is 49.2 Å². The second-order valence-electron chi connectivity index (χ2n) is 7.78. The molecule has 4 rings (SSSR count). The fraction of sp³-hybridized carbons (Fsp3) is 0.292. The van der Waals surface area contributed by atoms with Crippen molar-refractivity contribution in [1.82, 2.24) is 0 Å². The molecule has 0 saturated heterocycles. The van der Waals surface area contributed by atoms with E-state index in [0.29, 0.717) is 28.8 Å². The SMILES string of the molecule is CCCCN1C(=O)C(O)(CC(=O)c2cc3ccccc3oc2=O)c2cc(C)ccc21. The van der Waals surface area contributed by atoms with E-state index in [2.05, 4.69) is 0 Å². The molecular formula is C24H23NO5. The van der Waals surface area contributed by atoms with Crippen LogP contribution in [0.15, 0.2) is 57.7 Å². The van der Waals surface area contributed by atoms with Crippen molar-refractivity contribution in [2.45, 2.75) is 38.7 Å². The predicted octanol–water partition coefficient (Wildman–Crippen LogP) is 3.71. The van der Waals surface area contributed by atoms with Gasteiger partial charge in [-0.25, -0.2) is 4.79 Å². The van der Waals surface area contributed by atoms with E-state index in [1.807, 2.05) is 19.9 Å². The maximum absolute atomic E-state index is 13.2. The van der Waals surface area contributed by atoms with E-state index in [1.54, 1.807) is 36.4 Å². The van der Waals surface area contributed by atoms with E-state index in [-0.39, 0.29) is 5.56 Å². The van der Waals surface area contributed by atoms with Crippen LogP contribution < -0.4 is 10.5 Å². The first-order valence-corrected chi connectivity index (χ1v) is 10.1. The van der Waals surface area contributed by atoms with Gasteiger partial charge in [0.1, 0.15) is 11.1 Å². The first kappa shape index (κ1) is 20.0. The van der Waals surface area contributed by atoms with Crippen LogP contribution in [0, 0.1) is 6.92 Å². The van der Waals surface area contributed by atoms with Crippen molar-refractivity contribution in [3.05, 3.63) is 75.6 Å². The third-order valence-corrected chi connectivity index (χ3v) is 5.58. The number of aryl methyl sites for hydroxylation is 1. The van der Waals surface area contributed by atoms with Crippen LogP contribution in [0.4, 0.5) is 5.69 Å². The molecule has 154 valence electrons. The van der Waals surface area contributed by atoms with Crippen LogP contribution in [0.5, 0.6) is 0 Å². The Bertz CT molecular complexity index is 1210. The smallest absolute Gasteiger partial charge is 0.347 e. The monoisotopic (exact) mass is 405 g/mol. The predicted molar refractivity (Wildman–Crippen MR) is 114 cm³/mol. The van der Waals surface area contributed by atoms with E-state index in [4.69, 9.17) is 4.42 Å². The normalized spacial score (nSPS) is 18.1. The maximum Gasteiger partial charge on any atom is 0.347 e. The zero-order valence-corrected chi connectivity index (χ0v) is 17.0. The van der Waals surface area contributed by atoms with Crippen LogP contribution in [-0.2, 0) is 10.4 Å². The van der Waals surface area contributed by atoms with E-state index >= 15 is 0 Å². The topological polar surface area (TPSA) is 87.8 Å². The van der Waals surface area contributed by atoms with Crippen LogP contribution in [-0.4, -0.2) is 23.3 Å². The summed E-state index contributed by atoms with van der Waals surface area (Å²) in [5, 5.41) is 12.0. The molecule has 3 aromatic rings. The number of ketones is 1. The Morgan fingerprint density at radius 3 is 2.67 bits per heavy atom. The van der Waals surface area contributed by atoms with Crippen molar-refractivity contribution >= 4 is 28.3 Å². The lowest BCUT2D eigenvalue weighted by Crippen LogP contribution is -2.42. The highest BCUT2D eigenvalue weighted by atomic mass is 16.4. The standard InChI is InChI=1S/C24H23NO5/c1-3-4-11-25-19-10-9-15(2)12-18(19)24(29,23(25)28)14-20(26)17-13-16-7-5-6-8-21(16)30-22(17)27/h5-10,12-13,29H,3-4,11,14H2,1-2H3. The zero-order valence-electron chi connectivity index (χ0n) is 17.0. The molecule has 1 unspecified atom stereocenters. The Hall–Kier alpha value is -3.25. The molecular weight excluding hydrogens is 382 g/mol. The molecule has 0 fully saturated rings. The van der Waals surface area contributed by atoms with Crippen molar-refractivity contribution in [3.63, 3.8) is 0 Å². The minimum atomic E-state index is -2.01. The molecule has 30 heavy (non-hydrogen) atoms. The molecule has 0 bridgehead atoms. The van der Waals surface area contributed by atoms with Crippen molar-refractivity contribution in [3.8, 4) is 0 Å². The summed E-state index contributed by atoms with van der Waals surface area (Å²) in [7, 11) is 0. The molecule has 2 heterocycles. The lowest BCUT2D eigenvalue weighted by molar-refractivity contribution is -0.135. The minimum Gasteiger partial charge on any atom is -0.422 e. The Balaban J connectivity index is 1.74. The van der Waals surface area contributed by atoms with Crippen molar-refractivity contribution in [2.75, 3.05) is 11.4 Å². The second-order valence-corrected chi connectivity index (χ2v) is 7.78. The van der Waals surface area contributed by atoms with Gasteiger partial charge in [0.2, 0.25) is 0 Å². The fourth-order valence-electron chi connectivity index (χ4n) is 3.96. The Labute approximate surface area is 173 Å². The van der Waals surface area contributed by atoms with Gasteiger partial charge in [0.15, 0.2) is 11.4 Å². The average Bonchev–Trinajstić information content (AvgIpc) is 2.92. The summed E-state index contributed by atoms with van der Waals surface area (Å²) in [6.07, 6.45) is 1.14. The third-order valence-electron chi connectivity index (χ3n) is 5.58. The van der Waals surface area contributed by atoms with Crippen LogP contribution in [0.1, 0.15) is 47.7 Å². The number of rotatable bonds is 6. The fourth-order valence-corrected chi connectivity index (χ4v) is 3.96. The van der Waals surface area contributed by atoms with Crippen LogP contribution in [0.3, 0.4) is 0 Å². The molecule has 1 atom stereocenters. The van der Waals surface area contributed by atoms with Gasteiger partial charge in [0.25, 0.3) is 5.91 Å². The molecule has 0 radical (unpaired) electrons. The molecule has 2 aromatic carbocycles. The van der Waals surface area contributed by atoms with Crippen LogP contribution >= 0.6 is 0 Å². The summed E-state index contributed by atoms with van der Waals surface area (Å²) in [5.41, 5.74) is -0.695. The van der Waals surface area contributed by atoms with Gasteiger partial charge >= 0.3 is 5.63 Å². The summed E-state index contributed by atoms with van der Waals surface area (Å²) >= 11 is 0. The molecule has 1 aromatic heterocycles. The number of nitrogens with zero attached hydrogens (tertiary/aromatic N) is 1. The van der Waals surface area contributed by atoms with Gasteiger partial charge in [-0.2, -0.15) is 0 Å². The number of anilines is 1. The second kappa shape index (κ2) is 7.54. The summed E-state index contributed by atoms with van der Waals surface area (Å²) in [6, 6.07) is 13.7. The number of aliphatic hydroxyl groups is 1. The van der Waals surface area contributed by atoms with Gasteiger partial charge in [-0.3, -0.25) is 9.59 Å².